The van der Waals surface area contributed by atoms with Gasteiger partial charge in [-0.05, 0) is 49.2 Å². The number of nitro groups is 1. The highest BCUT2D eigenvalue weighted by atomic mass is 32.2. The van der Waals surface area contributed by atoms with Gasteiger partial charge in [-0.3, -0.25) is 19.2 Å². The van der Waals surface area contributed by atoms with Gasteiger partial charge in [0.25, 0.3) is 15.7 Å². The molecule has 0 radical (unpaired) electrons. The zero-order chi connectivity index (χ0) is 22.6. The number of hydrogen-bond donors (Lipinski definition) is 1. The Bertz CT molecular complexity index is 1230. The Labute approximate surface area is 180 Å². The normalized spacial score (nSPS) is 11.0. The first-order valence-electron chi connectivity index (χ1n) is 9.38. The largest absolute Gasteiger partial charge is 0.324 e. The molecular formula is C22H21N3O5S. The molecule has 0 heterocycles. The van der Waals surface area contributed by atoms with Crippen molar-refractivity contribution in [3.05, 3.63) is 94.0 Å². The van der Waals surface area contributed by atoms with Gasteiger partial charge in [0, 0.05) is 17.8 Å². The smallest absolute Gasteiger partial charge is 0.271 e. The fourth-order valence-electron chi connectivity index (χ4n) is 3.00. The molecule has 0 unspecified atom stereocenters. The lowest BCUT2D eigenvalue weighted by molar-refractivity contribution is -0.384. The van der Waals surface area contributed by atoms with Gasteiger partial charge in [-0.1, -0.05) is 36.4 Å². The van der Waals surface area contributed by atoms with E-state index in [1.54, 1.807) is 30.3 Å². The third-order valence-electron chi connectivity index (χ3n) is 4.83. The van der Waals surface area contributed by atoms with E-state index in [0.717, 1.165) is 21.5 Å². The van der Waals surface area contributed by atoms with E-state index in [4.69, 9.17) is 0 Å². The van der Waals surface area contributed by atoms with Crippen molar-refractivity contribution in [3.8, 4) is 0 Å². The van der Waals surface area contributed by atoms with E-state index < -0.39 is 27.4 Å². The lowest BCUT2D eigenvalue weighted by atomic mass is 10.1. The fourth-order valence-corrected chi connectivity index (χ4v) is 4.44. The molecule has 1 N–H and O–H groups in total. The minimum atomic E-state index is -4.15. The van der Waals surface area contributed by atoms with Crippen LogP contribution < -0.4 is 9.62 Å². The van der Waals surface area contributed by atoms with Crippen LogP contribution in [0, 0.1) is 24.0 Å². The Morgan fingerprint density at radius 3 is 2.35 bits per heavy atom. The number of carbonyl (C=O) groups is 1. The molecule has 3 aromatic carbocycles. The van der Waals surface area contributed by atoms with Gasteiger partial charge in [-0.25, -0.2) is 8.42 Å². The maximum Gasteiger partial charge on any atom is 0.271 e. The van der Waals surface area contributed by atoms with Crippen LogP contribution in [-0.4, -0.2) is 25.8 Å². The minimum absolute atomic E-state index is 0.0224. The van der Waals surface area contributed by atoms with Gasteiger partial charge in [-0.15, -0.1) is 0 Å². The number of non-ortho nitro benzene ring substituents is 1. The van der Waals surface area contributed by atoms with E-state index in [0.29, 0.717) is 5.69 Å². The zero-order valence-corrected chi connectivity index (χ0v) is 17.8. The average Bonchev–Trinajstić information content (AvgIpc) is 2.76. The van der Waals surface area contributed by atoms with Gasteiger partial charge >= 0.3 is 0 Å². The van der Waals surface area contributed by atoms with Crippen molar-refractivity contribution in [1.82, 2.24) is 0 Å². The van der Waals surface area contributed by atoms with Crippen LogP contribution in [0.25, 0.3) is 0 Å². The highest BCUT2D eigenvalue weighted by molar-refractivity contribution is 7.92. The second-order valence-corrected chi connectivity index (χ2v) is 8.76. The number of nitrogens with one attached hydrogen (secondary N) is 1. The van der Waals surface area contributed by atoms with Crippen LogP contribution in [0.2, 0.25) is 0 Å². The lowest BCUT2D eigenvalue weighted by Gasteiger charge is -2.24. The van der Waals surface area contributed by atoms with Crippen LogP contribution in [0.4, 0.5) is 17.1 Å². The molecule has 3 aromatic rings. The summed E-state index contributed by atoms with van der Waals surface area (Å²) in [6.45, 7) is 3.20. The van der Waals surface area contributed by atoms with E-state index in [-0.39, 0.29) is 16.3 Å². The predicted octanol–water partition coefficient (Wildman–Crippen LogP) is 4.05. The number of aryl methyl sites for hydroxylation is 1. The maximum absolute atomic E-state index is 13.3. The SMILES string of the molecule is Cc1cccc(NC(=O)CN(c2cccc([N+](=O)[O-])c2)S(=O)(=O)c2ccccc2)c1C. The standard InChI is InChI=1S/C22H21N3O5S/c1-16-8-6-13-21(17(16)2)23-22(26)15-24(18-9-7-10-19(14-18)25(27)28)31(29,30)20-11-4-3-5-12-20/h3-14H,15H2,1-2H3,(H,23,26). The van der Waals surface area contributed by atoms with E-state index in [1.807, 2.05) is 19.9 Å². The number of nitrogens with zero attached hydrogens (tertiary/aromatic N) is 2. The molecule has 1 amide bonds. The molecule has 0 saturated heterocycles. The fraction of sp³-hybridized carbons (Fsp3) is 0.136. The molecule has 3 rings (SSSR count). The summed E-state index contributed by atoms with van der Waals surface area (Å²) in [5, 5.41) is 13.9. The molecule has 0 spiro atoms. The summed E-state index contributed by atoms with van der Waals surface area (Å²) in [7, 11) is -4.15. The Hall–Kier alpha value is -3.72. The molecule has 8 nitrogen and oxygen atoms in total. The number of carbonyl (C=O) groups excluding carboxylic acids is 1. The summed E-state index contributed by atoms with van der Waals surface area (Å²) in [5.74, 6) is -0.570. The molecule has 0 aliphatic carbocycles. The summed E-state index contributed by atoms with van der Waals surface area (Å²) in [4.78, 5) is 23.3. The Morgan fingerprint density at radius 2 is 1.68 bits per heavy atom. The highest BCUT2D eigenvalue weighted by Gasteiger charge is 2.28. The van der Waals surface area contributed by atoms with E-state index >= 15 is 0 Å². The van der Waals surface area contributed by atoms with Gasteiger partial charge in [0.05, 0.1) is 15.5 Å². The molecule has 0 atom stereocenters. The Morgan fingerprint density at radius 1 is 1.00 bits per heavy atom. The number of rotatable bonds is 7. The van der Waals surface area contributed by atoms with Crippen LogP contribution in [0.1, 0.15) is 11.1 Å². The first kappa shape index (κ1) is 22.0. The third kappa shape index (κ3) is 4.89. The molecule has 160 valence electrons. The maximum atomic E-state index is 13.3. The number of amides is 1. The van der Waals surface area contributed by atoms with E-state index in [2.05, 4.69) is 5.32 Å². The van der Waals surface area contributed by atoms with Crippen molar-refractivity contribution in [2.75, 3.05) is 16.2 Å². The highest BCUT2D eigenvalue weighted by Crippen LogP contribution is 2.27. The first-order valence-corrected chi connectivity index (χ1v) is 10.8. The molecule has 0 aliphatic heterocycles. The van der Waals surface area contributed by atoms with Crippen molar-refractivity contribution in [1.29, 1.82) is 0 Å². The number of benzene rings is 3. The second-order valence-electron chi connectivity index (χ2n) is 6.90. The number of sulfonamides is 1. The van der Waals surface area contributed by atoms with Crippen LogP contribution >= 0.6 is 0 Å². The molecule has 0 saturated carbocycles. The monoisotopic (exact) mass is 439 g/mol. The molecule has 0 fully saturated rings. The van der Waals surface area contributed by atoms with Crippen molar-refractivity contribution >= 4 is 33.0 Å². The summed E-state index contributed by atoms with van der Waals surface area (Å²) in [5.41, 5.74) is 2.16. The first-order chi connectivity index (χ1) is 14.7. The lowest BCUT2D eigenvalue weighted by Crippen LogP contribution is -2.38. The van der Waals surface area contributed by atoms with E-state index in [9.17, 15) is 23.3 Å². The zero-order valence-electron chi connectivity index (χ0n) is 17.0. The van der Waals surface area contributed by atoms with Crippen molar-refractivity contribution < 1.29 is 18.1 Å². The van der Waals surface area contributed by atoms with Gasteiger partial charge < -0.3 is 5.32 Å². The third-order valence-corrected chi connectivity index (χ3v) is 6.61. The molecule has 0 aliphatic rings. The summed E-state index contributed by atoms with van der Waals surface area (Å²) >= 11 is 0. The van der Waals surface area contributed by atoms with Crippen LogP contribution in [0.3, 0.4) is 0 Å². The second kappa shape index (κ2) is 8.97. The van der Waals surface area contributed by atoms with Crippen LogP contribution in [0.5, 0.6) is 0 Å². The number of hydrogen-bond acceptors (Lipinski definition) is 5. The van der Waals surface area contributed by atoms with E-state index in [1.165, 1.54) is 30.3 Å². The number of anilines is 2. The molecule has 31 heavy (non-hydrogen) atoms. The van der Waals surface area contributed by atoms with Crippen molar-refractivity contribution in [2.24, 2.45) is 0 Å². The van der Waals surface area contributed by atoms with Crippen molar-refractivity contribution in [2.45, 2.75) is 18.7 Å². The minimum Gasteiger partial charge on any atom is -0.324 e. The molecule has 0 aromatic heterocycles. The van der Waals surface area contributed by atoms with Crippen LogP contribution in [0.15, 0.2) is 77.7 Å². The molecule has 0 bridgehead atoms. The summed E-state index contributed by atoms with van der Waals surface area (Å²) in [6.07, 6.45) is 0. The van der Waals surface area contributed by atoms with Gasteiger partial charge in [0.1, 0.15) is 6.54 Å². The Kier molecular flexibility index (Phi) is 6.36. The summed E-state index contributed by atoms with van der Waals surface area (Å²) < 4.78 is 27.5. The van der Waals surface area contributed by atoms with Gasteiger partial charge in [0.2, 0.25) is 5.91 Å². The molecule has 9 heteroatoms. The Balaban J connectivity index is 2.00. The molecular weight excluding hydrogens is 418 g/mol. The predicted molar refractivity (Wildman–Crippen MR) is 119 cm³/mol. The number of nitro benzene ring substituents is 1. The van der Waals surface area contributed by atoms with Gasteiger partial charge in [0.15, 0.2) is 0 Å². The van der Waals surface area contributed by atoms with Gasteiger partial charge in [-0.2, -0.15) is 0 Å². The average molecular weight is 439 g/mol. The van der Waals surface area contributed by atoms with Crippen LogP contribution in [-0.2, 0) is 14.8 Å². The van der Waals surface area contributed by atoms with Crippen molar-refractivity contribution in [3.63, 3.8) is 0 Å². The summed E-state index contributed by atoms with van der Waals surface area (Å²) in [6, 6.07) is 18.2. The topological polar surface area (TPSA) is 110 Å². The quantitative estimate of drug-likeness (QED) is 0.441.